The van der Waals surface area contributed by atoms with Crippen molar-refractivity contribution in [3.05, 3.63) is 147 Å². The van der Waals surface area contributed by atoms with Crippen LogP contribution in [0.1, 0.15) is 68.2 Å². The van der Waals surface area contributed by atoms with E-state index in [-0.39, 0.29) is 22.3 Å². The van der Waals surface area contributed by atoms with E-state index >= 15 is 0 Å². The van der Waals surface area contributed by atoms with Gasteiger partial charge in [-0.1, -0.05) is 175 Å². The van der Waals surface area contributed by atoms with Gasteiger partial charge in [0.1, 0.15) is 12.2 Å². The Morgan fingerprint density at radius 3 is 1.02 bits per heavy atom. The van der Waals surface area contributed by atoms with Crippen molar-refractivity contribution in [3.63, 3.8) is 0 Å². The van der Waals surface area contributed by atoms with Crippen LogP contribution in [-0.4, -0.2) is 46.8 Å². The standard InChI is InChI=1S/C45H58O4Si2/c1-11-25-39(48-50(43(3,4)5,35-27-17-13-18-28-35)36-29-19-14-20-30-36)41-42(47-45(9,10)46-41)40(26-12-2)49-51(44(6,7)8,37-31-21-15-22-32-37)38-33-23-16-24-34-38/h11-24,27-34,39-42H,1-2,25-26H2,3-10H3/t39-,40-,41-,42-/m1/s1. The first-order valence-electron chi connectivity index (χ1n) is 18.4. The summed E-state index contributed by atoms with van der Waals surface area (Å²) >= 11 is 0. The molecular weight excluding hydrogens is 661 g/mol. The highest BCUT2D eigenvalue weighted by Gasteiger charge is 2.58. The molecule has 6 heteroatoms. The van der Waals surface area contributed by atoms with Crippen LogP contribution < -0.4 is 20.7 Å². The molecule has 1 aliphatic heterocycles. The Morgan fingerprint density at radius 2 is 0.804 bits per heavy atom. The van der Waals surface area contributed by atoms with Gasteiger partial charge in [0.15, 0.2) is 5.79 Å². The SMILES string of the molecule is C=CC[C@@H](O[Si](c1ccccc1)(c1ccccc1)C(C)(C)C)[C@H]1OC(C)(C)O[C@@H]1[C@@H](CC=C)O[Si](c1ccccc1)(c1ccccc1)C(C)(C)C. The topological polar surface area (TPSA) is 36.9 Å². The van der Waals surface area contributed by atoms with Gasteiger partial charge in [0, 0.05) is 0 Å². The summed E-state index contributed by atoms with van der Waals surface area (Å²) in [6, 6.07) is 43.1. The Balaban J connectivity index is 1.68. The summed E-state index contributed by atoms with van der Waals surface area (Å²) in [5.41, 5.74) is 0. The zero-order valence-corrected chi connectivity index (χ0v) is 34.0. The first-order chi connectivity index (χ1) is 24.2. The lowest BCUT2D eigenvalue weighted by Gasteiger charge is -2.48. The van der Waals surface area contributed by atoms with E-state index in [9.17, 15) is 0 Å². The summed E-state index contributed by atoms with van der Waals surface area (Å²) in [5.74, 6) is -0.863. The molecule has 4 aromatic carbocycles. The highest BCUT2D eigenvalue weighted by Crippen LogP contribution is 2.44. The van der Waals surface area contributed by atoms with Gasteiger partial charge >= 0.3 is 0 Å². The Bertz CT molecular complexity index is 1490. The molecule has 0 saturated carbocycles. The van der Waals surface area contributed by atoms with Crippen LogP contribution in [0.4, 0.5) is 0 Å². The molecule has 0 amide bonds. The van der Waals surface area contributed by atoms with Gasteiger partial charge in [-0.25, -0.2) is 0 Å². The maximum absolute atomic E-state index is 7.81. The minimum Gasteiger partial charge on any atom is -0.401 e. The molecule has 0 aromatic heterocycles. The summed E-state index contributed by atoms with van der Waals surface area (Å²) in [5, 5.41) is 4.45. The summed E-state index contributed by atoms with van der Waals surface area (Å²) in [6.07, 6.45) is 3.48. The highest BCUT2D eigenvalue weighted by atomic mass is 28.4. The molecule has 0 radical (unpaired) electrons. The molecule has 5 rings (SSSR count). The molecule has 51 heavy (non-hydrogen) atoms. The van der Waals surface area contributed by atoms with E-state index in [2.05, 4.69) is 176 Å². The maximum atomic E-state index is 7.81. The van der Waals surface area contributed by atoms with Crippen LogP contribution in [0.2, 0.25) is 10.1 Å². The second-order valence-corrected chi connectivity index (χ2v) is 24.8. The Hall–Kier alpha value is -3.37. The van der Waals surface area contributed by atoms with Crippen LogP contribution in [0.5, 0.6) is 0 Å². The zero-order valence-electron chi connectivity index (χ0n) is 32.0. The fourth-order valence-electron chi connectivity index (χ4n) is 8.06. The molecule has 0 aliphatic carbocycles. The van der Waals surface area contributed by atoms with Gasteiger partial charge in [-0.3, -0.25) is 0 Å². The third-order valence-electron chi connectivity index (χ3n) is 10.2. The van der Waals surface area contributed by atoms with Gasteiger partial charge in [0.05, 0.1) is 12.2 Å². The number of hydrogen-bond donors (Lipinski definition) is 0. The third-order valence-corrected chi connectivity index (χ3v) is 20.3. The molecule has 0 spiro atoms. The lowest BCUT2D eigenvalue weighted by molar-refractivity contribution is -0.158. The van der Waals surface area contributed by atoms with E-state index in [0.29, 0.717) is 12.8 Å². The smallest absolute Gasteiger partial charge is 0.261 e. The summed E-state index contributed by atoms with van der Waals surface area (Å²) in [6.45, 7) is 26.3. The van der Waals surface area contributed by atoms with Crippen LogP contribution in [-0.2, 0) is 18.3 Å². The van der Waals surface area contributed by atoms with Crippen molar-refractivity contribution in [2.45, 2.75) is 109 Å². The number of ether oxygens (including phenoxy) is 2. The lowest BCUT2D eigenvalue weighted by atomic mass is 9.99. The van der Waals surface area contributed by atoms with Crippen molar-refractivity contribution in [1.29, 1.82) is 0 Å². The molecule has 0 bridgehead atoms. The zero-order chi connectivity index (χ0) is 36.9. The Kier molecular flexibility index (Phi) is 12.0. The predicted molar refractivity (Wildman–Crippen MR) is 218 cm³/mol. The van der Waals surface area contributed by atoms with Crippen molar-refractivity contribution >= 4 is 37.4 Å². The summed E-state index contributed by atoms with van der Waals surface area (Å²) in [7, 11) is -5.93. The fraction of sp³-hybridized carbons (Fsp3) is 0.378. The van der Waals surface area contributed by atoms with Crippen LogP contribution in [0, 0.1) is 0 Å². The van der Waals surface area contributed by atoms with E-state index < -0.39 is 34.6 Å². The van der Waals surface area contributed by atoms with E-state index in [4.69, 9.17) is 18.3 Å². The second kappa shape index (κ2) is 15.7. The van der Waals surface area contributed by atoms with Gasteiger partial charge in [-0.05, 0) is 57.5 Å². The van der Waals surface area contributed by atoms with E-state index in [1.165, 1.54) is 20.7 Å². The minimum atomic E-state index is -2.96. The monoisotopic (exact) mass is 718 g/mol. The molecule has 1 fully saturated rings. The third kappa shape index (κ3) is 7.87. The number of hydrogen-bond acceptors (Lipinski definition) is 4. The number of benzene rings is 4. The molecule has 1 heterocycles. The highest BCUT2D eigenvalue weighted by molar-refractivity contribution is 7.00. The van der Waals surface area contributed by atoms with Crippen molar-refractivity contribution in [1.82, 2.24) is 0 Å². The molecule has 4 nitrogen and oxygen atoms in total. The average Bonchev–Trinajstić information content (AvgIpc) is 3.44. The first kappa shape index (κ1) is 38.9. The van der Waals surface area contributed by atoms with Crippen LogP contribution in [0.15, 0.2) is 147 Å². The molecule has 1 aliphatic rings. The molecule has 4 aromatic rings. The Labute approximate surface area is 309 Å². The summed E-state index contributed by atoms with van der Waals surface area (Å²) < 4.78 is 29.6. The van der Waals surface area contributed by atoms with Crippen LogP contribution >= 0.6 is 0 Å². The van der Waals surface area contributed by atoms with Gasteiger partial charge in [-0.15, -0.1) is 13.2 Å². The summed E-state index contributed by atoms with van der Waals surface area (Å²) in [4.78, 5) is 0. The normalized spacial score (nSPS) is 19.3. The largest absolute Gasteiger partial charge is 0.401 e. The molecule has 0 N–H and O–H groups in total. The minimum absolute atomic E-state index is 0.217. The molecule has 4 atom stereocenters. The number of rotatable bonds is 14. The molecule has 270 valence electrons. The van der Waals surface area contributed by atoms with E-state index in [1.54, 1.807) is 0 Å². The van der Waals surface area contributed by atoms with Crippen LogP contribution in [0.25, 0.3) is 0 Å². The maximum Gasteiger partial charge on any atom is 0.261 e. The fourth-order valence-corrected chi connectivity index (χ4v) is 17.5. The second-order valence-electron chi connectivity index (χ2n) is 16.3. The Morgan fingerprint density at radius 1 is 0.549 bits per heavy atom. The molecule has 0 unspecified atom stereocenters. The van der Waals surface area contributed by atoms with Crippen LogP contribution in [0.3, 0.4) is 0 Å². The van der Waals surface area contributed by atoms with Crippen molar-refractivity contribution in [2.24, 2.45) is 0 Å². The van der Waals surface area contributed by atoms with Gasteiger partial charge in [-0.2, -0.15) is 0 Å². The van der Waals surface area contributed by atoms with Crippen molar-refractivity contribution in [2.75, 3.05) is 0 Å². The lowest BCUT2D eigenvalue weighted by Crippen LogP contribution is -2.70. The van der Waals surface area contributed by atoms with Gasteiger partial charge < -0.3 is 18.3 Å². The quantitative estimate of drug-likeness (QED) is 0.0968. The molecule has 1 saturated heterocycles. The average molecular weight is 719 g/mol. The van der Waals surface area contributed by atoms with Gasteiger partial charge in [0.25, 0.3) is 16.6 Å². The van der Waals surface area contributed by atoms with Crippen molar-refractivity contribution in [3.8, 4) is 0 Å². The first-order valence-corrected chi connectivity index (χ1v) is 22.2. The van der Waals surface area contributed by atoms with E-state index in [0.717, 1.165) is 0 Å². The van der Waals surface area contributed by atoms with Crippen molar-refractivity contribution < 1.29 is 18.3 Å². The predicted octanol–water partition coefficient (Wildman–Crippen LogP) is 8.55. The van der Waals surface area contributed by atoms with Gasteiger partial charge in [0.2, 0.25) is 0 Å². The molecular formula is C45H58O4Si2. The van der Waals surface area contributed by atoms with E-state index in [1.807, 2.05) is 26.0 Å².